The summed E-state index contributed by atoms with van der Waals surface area (Å²) < 4.78 is 15.9. The van der Waals surface area contributed by atoms with Crippen molar-refractivity contribution >= 4 is 51.1 Å². The van der Waals surface area contributed by atoms with Gasteiger partial charge in [-0.3, -0.25) is 4.79 Å². The first kappa shape index (κ1) is 24.2. The van der Waals surface area contributed by atoms with Gasteiger partial charge in [0, 0.05) is 5.41 Å². The van der Waals surface area contributed by atoms with Crippen molar-refractivity contribution in [3.63, 3.8) is 0 Å². The second kappa shape index (κ2) is 9.18. The van der Waals surface area contributed by atoms with Crippen LogP contribution in [-0.2, 0) is 20.9 Å². The Labute approximate surface area is 194 Å². The van der Waals surface area contributed by atoms with E-state index in [0.717, 1.165) is 11.3 Å². The number of nitrogens with one attached hydrogen (secondary N) is 1. The Balaban J connectivity index is 1.76. The van der Waals surface area contributed by atoms with Crippen LogP contribution < -0.4 is 11.1 Å². The first-order valence-electron chi connectivity index (χ1n) is 10.2. The first-order chi connectivity index (χ1) is 15.4. The van der Waals surface area contributed by atoms with E-state index >= 15 is 0 Å². The van der Waals surface area contributed by atoms with Crippen molar-refractivity contribution in [1.29, 1.82) is 0 Å². The SMILES string of the molecule is CCOC(=O)c1c(C)oc2nc(COC(=O)c3sc(NC(=O)C(C)(C)C)cc3C)nc(N)c12. The molecule has 3 aromatic rings. The minimum Gasteiger partial charge on any atom is -0.462 e. The summed E-state index contributed by atoms with van der Waals surface area (Å²) in [6.45, 7) is 10.4. The third kappa shape index (κ3) is 5.14. The molecule has 3 rings (SSSR count). The van der Waals surface area contributed by atoms with Gasteiger partial charge in [-0.15, -0.1) is 11.3 Å². The van der Waals surface area contributed by atoms with E-state index in [0.29, 0.717) is 21.2 Å². The molecule has 11 heteroatoms. The van der Waals surface area contributed by atoms with Crippen molar-refractivity contribution in [2.24, 2.45) is 5.41 Å². The number of aryl methyl sites for hydroxylation is 2. The van der Waals surface area contributed by atoms with Crippen LogP contribution >= 0.6 is 11.3 Å². The molecule has 3 heterocycles. The van der Waals surface area contributed by atoms with Crippen molar-refractivity contribution in [1.82, 2.24) is 9.97 Å². The zero-order chi connectivity index (χ0) is 24.5. The molecule has 0 saturated heterocycles. The average molecular weight is 475 g/mol. The number of carbonyl (C=O) groups is 3. The molecule has 1 amide bonds. The van der Waals surface area contributed by atoms with Crippen LogP contribution in [0.25, 0.3) is 11.1 Å². The van der Waals surface area contributed by atoms with Crippen molar-refractivity contribution in [2.75, 3.05) is 17.7 Å². The maximum absolute atomic E-state index is 12.6. The highest BCUT2D eigenvalue weighted by Crippen LogP contribution is 2.31. The Hall–Kier alpha value is -3.47. The van der Waals surface area contributed by atoms with Crippen molar-refractivity contribution in [2.45, 2.75) is 48.1 Å². The fourth-order valence-electron chi connectivity index (χ4n) is 2.94. The summed E-state index contributed by atoms with van der Waals surface area (Å²) in [5.74, 6) is -0.877. The van der Waals surface area contributed by atoms with Crippen LogP contribution in [0.4, 0.5) is 10.8 Å². The molecule has 0 radical (unpaired) electrons. The van der Waals surface area contributed by atoms with Gasteiger partial charge in [0.1, 0.15) is 22.0 Å². The van der Waals surface area contributed by atoms with Crippen molar-refractivity contribution in [3.05, 3.63) is 33.7 Å². The van der Waals surface area contributed by atoms with Gasteiger partial charge in [0.05, 0.1) is 17.0 Å². The van der Waals surface area contributed by atoms with E-state index in [1.165, 1.54) is 0 Å². The second-order valence-electron chi connectivity index (χ2n) is 8.36. The van der Waals surface area contributed by atoms with Crippen LogP contribution in [0.15, 0.2) is 10.5 Å². The Morgan fingerprint density at radius 2 is 1.85 bits per heavy atom. The number of furan rings is 1. The zero-order valence-electron chi connectivity index (χ0n) is 19.3. The minimum absolute atomic E-state index is 0.0189. The van der Waals surface area contributed by atoms with Gasteiger partial charge in [-0.25, -0.2) is 14.6 Å². The number of carbonyl (C=O) groups excluding carboxylic acids is 3. The van der Waals surface area contributed by atoms with Crippen molar-refractivity contribution < 1.29 is 28.3 Å². The lowest BCUT2D eigenvalue weighted by atomic mass is 9.96. The average Bonchev–Trinajstić information content (AvgIpc) is 3.24. The lowest BCUT2D eigenvalue weighted by Crippen LogP contribution is -2.27. The van der Waals surface area contributed by atoms with Gasteiger partial charge in [0.15, 0.2) is 12.4 Å². The molecular formula is C22H26N4O6S. The number of hydrogen-bond acceptors (Lipinski definition) is 10. The van der Waals surface area contributed by atoms with Crippen LogP contribution in [0.5, 0.6) is 0 Å². The zero-order valence-corrected chi connectivity index (χ0v) is 20.1. The molecule has 0 aliphatic rings. The Bertz CT molecular complexity index is 1240. The normalized spacial score (nSPS) is 11.5. The number of anilines is 2. The molecule has 0 saturated carbocycles. The van der Waals surface area contributed by atoms with Gasteiger partial charge in [0.25, 0.3) is 0 Å². The first-order valence-corrected chi connectivity index (χ1v) is 11.1. The molecule has 0 aliphatic carbocycles. The van der Waals surface area contributed by atoms with Gasteiger partial charge < -0.3 is 24.9 Å². The topological polar surface area (TPSA) is 147 Å². The van der Waals surface area contributed by atoms with Crippen LogP contribution in [0.3, 0.4) is 0 Å². The molecule has 176 valence electrons. The molecule has 0 spiro atoms. The summed E-state index contributed by atoms with van der Waals surface area (Å²) >= 11 is 1.12. The summed E-state index contributed by atoms with van der Waals surface area (Å²) in [6, 6.07) is 1.72. The van der Waals surface area contributed by atoms with E-state index < -0.39 is 17.4 Å². The number of thiophene rings is 1. The third-order valence-corrected chi connectivity index (χ3v) is 5.77. The summed E-state index contributed by atoms with van der Waals surface area (Å²) in [7, 11) is 0. The standard InChI is InChI=1S/C22H26N4O6S/c1-7-30-19(27)14-11(3)32-18-15(14)17(23)24-12(25-18)9-31-20(28)16-10(2)8-13(33-16)26-21(29)22(4,5)6/h8H,7,9H2,1-6H3,(H,26,29)(H2,23,24,25). The highest BCUT2D eigenvalue weighted by molar-refractivity contribution is 7.18. The highest BCUT2D eigenvalue weighted by atomic mass is 32.1. The maximum Gasteiger partial charge on any atom is 0.349 e. The number of ether oxygens (including phenoxy) is 2. The van der Waals surface area contributed by atoms with E-state index in [9.17, 15) is 14.4 Å². The minimum atomic E-state index is -0.584. The van der Waals surface area contributed by atoms with Gasteiger partial charge in [-0.2, -0.15) is 4.98 Å². The fraction of sp³-hybridized carbons (Fsp3) is 0.409. The predicted octanol–water partition coefficient (Wildman–Crippen LogP) is 4.00. The van der Waals surface area contributed by atoms with Gasteiger partial charge >= 0.3 is 11.9 Å². The number of esters is 2. The lowest BCUT2D eigenvalue weighted by molar-refractivity contribution is -0.123. The van der Waals surface area contributed by atoms with Crippen LogP contribution in [0.2, 0.25) is 0 Å². The second-order valence-corrected chi connectivity index (χ2v) is 9.41. The summed E-state index contributed by atoms with van der Waals surface area (Å²) in [5, 5.41) is 3.62. The number of nitrogen functional groups attached to an aromatic ring is 1. The summed E-state index contributed by atoms with van der Waals surface area (Å²) in [6.07, 6.45) is 0. The van der Waals surface area contributed by atoms with Crippen LogP contribution in [0.1, 0.15) is 64.9 Å². The number of nitrogens with zero attached hydrogens (tertiary/aromatic N) is 2. The Morgan fingerprint density at radius 1 is 1.15 bits per heavy atom. The third-order valence-electron chi connectivity index (χ3n) is 4.63. The molecule has 10 nitrogen and oxygen atoms in total. The van der Waals surface area contributed by atoms with E-state index in [2.05, 4.69) is 15.3 Å². The molecule has 0 atom stereocenters. The molecule has 3 N–H and O–H groups in total. The number of nitrogens with two attached hydrogens (primary N) is 1. The summed E-state index contributed by atoms with van der Waals surface area (Å²) in [4.78, 5) is 45.7. The Morgan fingerprint density at radius 3 is 2.48 bits per heavy atom. The number of amides is 1. The van der Waals surface area contributed by atoms with Crippen LogP contribution in [-0.4, -0.2) is 34.4 Å². The Kier molecular flexibility index (Phi) is 6.73. The molecule has 0 unspecified atom stereocenters. The van der Waals surface area contributed by atoms with Crippen molar-refractivity contribution in [3.8, 4) is 0 Å². The summed E-state index contributed by atoms with van der Waals surface area (Å²) in [5.41, 5.74) is 6.42. The van der Waals surface area contributed by atoms with Crippen LogP contribution in [0, 0.1) is 19.3 Å². The van der Waals surface area contributed by atoms with Gasteiger partial charge in [-0.05, 0) is 32.4 Å². The molecule has 0 fully saturated rings. The molecule has 0 aliphatic heterocycles. The predicted molar refractivity (Wildman–Crippen MR) is 123 cm³/mol. The maximum atomic E-state index is 12.6. The highest BCUT2D eigenvalue weighted by Gasteiger charge is 2.25. The largest absolute Gasteiger partial charge is 0.462 e. The van der Waals surface area contributed by atoms with E-state index in [1.807, 2.05) is 0 Å². The van der Waals surface area contributed by atoms with E-state index in [1.54, 1.807) is 47.6 Å². The van der Waals surface area contributed by atoms with E-state index in [-0.39, 0.29) is 47.4 Å². The van der Waals surface area contributed by atoms with Gasteiger partial charge in [-0.1, -0.05) is 20.8 Å². The monoisotopic (exact) mass is 474 g/mol. The number of fused-ring (bicyclic) bond motifs is 1. The number of rotatable bonds is 6. The van der Waals surface area contributed by atoms with Gasteiger partial charge in [0.2, 0.25) is 11.6 Å². The quantitative estimate of drug-likeness (QED) is 0.506. The fourth-order valence-corrected chi connectivity index (χ4v) is 3.90. The van der Waals surface area contributed by atoms with E-state index in [4.69, 9.17) is 19.6 Å². The molecule has 33 heavy (non-hydrogen) atoms. The molecule has 0 bridgehead atoms. The smallest absolute Gasteiger partial charge is 0.349 e. The molecule has 0 aromatic carbocycles. The molecular weight excluding hydrogens is 448 g/mol. The number of aromatic nitrogens is 2. The molecule has 3 aromatic heterocycles. The number of hydrogen-bond donors (Lipinski definition) is 2. The lowest BCUT2D eigenvalue weighted by Gasteiger charge is -2.16.